The quantitative estimate of drug-likeness (QED) is 0.789. The molecule has 1 aromatic carbocycles. The molecule has 0 spiro atoms. The lowest BCUT2D eigenvalue weighted by atomic mass is 9.99. The molecule has 6 nitrogen and oxygen atoms in total. The Morgan fingerprint density at radius 3 is 2.55 bits per heavy atom. The van der Waals surface area contributed by atoms with Crippen molar-refractivity contribution in [1.29, 1.82) is 0 Å². The van der Waals surface area contributed by atoms with Crippen LogP contribution in [0.3, 0.4) is 0 Å². The summed E-state index contributed by atoms with van der Waals surface area (Å²) in [5.41, 5.74) is 2.43. The fourth-order valence-corrected chi connectivity index (χ4v) is 2.71. The normalized spacial score (nSPS) is 18.1. The number of fused-ring (bicyclic) bond motifs is 1. The minimum Gasteiger partial charge on any atom is -0.371 e. The fraction of sp³-hybridized carbons (Fsp3) is 0.533. The molecule has 7 heteroatoms. The Labute approximate surface area is 131 Å². The van der Waals surface area contributed by atoms with E-state index in [1.54, 1.807) is 7.05 Å². The third-order valence-corrected chi connectivity index (χ3v) is 5.13. The molecule has 122 valence electrons. The smallest absolute Gasteiger partial charge is 0.237 e. The second kappa shape index (κ2) is 6.76. The lowest BCUT2D eigenvalue weighted by Gasteiger charge is -2.29. The average molecular weight is 326 g/mol. The summed E-state index contributed by atoms with van der Waals surface area (Å²) in [4.78, 5) is 13.6. The van der Waals surface area contributed by atoms with E-state index < -0.39 is 10.0 Å². The Morgan fingerprint density at radius 2 is 1.91 bits per heavy atom. The fourth-order valence-electron chi connectivity index (χ4n) is 2.36. The minimum absolute atomic E-state index is 0.0626. The summed E-state index contributed by atoms with van der Waals surface area (Å²) in [6, 6.07) is 8.10. The van der Waals surface area contributed by atoms with E-state index in [1.807, 2.05) is 18.2 Å². The third-order valence-electron chi connectivity index (χ3n) is 3.87. The number of carbonyl (C=O) groups is 1. The zero-order valence-corrected chi connectivity index (χ0v) is 14.0. The van der Waals surface area contributed by atoms with Crippen molar-refractivity contribution in [2.45, 2.75) is 19.1 Å². The van der Waals surface area contributed by atoms with Gasteiger partial charge < -0.3 is 9.64 Å². The number of benzene rings is 1. The molecule has 0 saturated heterocycles. The van der Waals surface area contributed by atoms with Crippen LogP contribution >= 0.6 is 0 Å². The van der Waals surface area contributed by atoms with Gasteiger partial charge in [0, 0.05) is 27.1 Å². The monoisotopic (exact) mass is 326 g/mol. The van der Waals surface area contributed by atoms with Gasteiger partial charge in [0.25, 0.3) is 0 Å². The van der Waals surface area contributed by atoms with Crippen LogP contribution in [0.1, 0.15) is 11.1 Å². The van der Waals surface area contributed by atoms with Crippen LogP contribution in [-0.4, -0.2) is 63.1 Å². The number of sulfonamides is 1. The van der Waals surface area contributed by atoms with Gasteiger partial charge in [-0.25, -0.2) is 8.42 Å². The first-order valence-corrected chi connectivity index (χ1v) is 8.96. The van der Waals surface area contributed by atoms with Crippen LogP contribution in [0.2, 0.25) is 0 Å². The lowest BCUT2D eigenvalue weighted by molar-refractivity contribution is -0.132. The molecule has 2 rings (SSSR count). The van der Waals surface area contributed by atoms with E-state index >= 15 is 0 Å². The van der Waals surface area contributed by atoms with E-state index in [0.29, 0.717) is 13.2 Å². The molecular weight excluding hydrogens is 304 g/mol. The molecule has 0 fully saturated rings. The van der Waals surface area contributed by atoms with Crippen LogP contribution in [-0.2, 0) is 32.6 Å². The first-order valence-electron chi connectivity index (χ1n) is 7.11. The van der Waals surface area contributed by atoms with E-state index in [-0.39, 0.29) is 18.6 Å². The van der Waals surface area contributed by atoms with Crippen molar-refractivity contribution < 1.29 is 17.9 Å². The Balaban J connectivity index is 1.90. The second-order valence-electron chi connectivity index (χ2n) is 5.70. The highest BCUT2D eigenvalue weighted by molar-refractivity contribution is 7.88. The Hall–Kier alpha value is -1.44. The summed E-state index contributed by atoms with van der Waals surface area (Å²) in [5.74, 6) is -0.240. The number of likely N-dealkylation sites (N-methyl/N-ethyl adjacent to an activating group) is 2. The largest absolute Gasteiger partial charge is 0.371 e. The highest BCUT2D eigenvalue weighted by atomic mass is 32.2. The maximum atomic E-state index is 12.1. The number of hydrogen-bond acceptors (Lipinski definition) is 4. The van der Waals surface area contributed by atoms with Gasteiger partial charge in [-0.3, -0.25) is 4.79 Å². The molecule has 1 unspecified atom stereocenters. The summed E-state index contributed by atoms with van der Waals surface area (Å²) in [7, 11) is -0.284. The van der Waals surface area contributed by atoms with Crippen molar-refractivity contribution in [2.75, 3.05) is 33.4 Å². The van der Waals surface area contributed by atoms with Crippen molar-refractivity contribution in [2.24, 2.45) is 0 Å². The van der Waals surface area contributed by atoms with Gasteiger partial charge >= 0.3 is 0 Å². The topological polar surface area (TPSA) is 66.9 Å². The van der Waals surface area contributed by atoms with Crippen LogP contribution in [0.15, 0.2) is 24.3 Å². The molecule has 1 heterocycles. The standard InChI is InChI=1S/C15H22N2O4S/c1-16(15(18)10-17(2)22(3,19)20)9-14-8-12-6-4-5-7-13(12)11-21-14/h4-7,14H,8-11H2,1-3H3. The molecule has 0 bridgehead atoms. The molecule has 1 aliphatic rings. The van der Waals surface area contributed by atoms with Crippen molar-refractivity contribution in [1.82, 2.24) is 9.21 Å². The summed E-state index contributed by atoms with van der Waals surface area (Å²) in [6.45, 7) is 0.843. The molecule has 0 radical (unpaired) electrons. The summed E-state index contributed by atoms with van der Waals surface area (Å²) in [6.07, 6.45) is 1.78. The molecular formula is C15H22N2O4S. The molecule has 1 aliphatic heterocycles. The average Bonchev–Trinajstić information content (AvgIpc) is 2.46. The SMILES string of the molecule is CN(CC1Cc2ccccc2CO1)C(=O)CN(C)S(C)(=O)=O. The molecule has 0 aliphatic carbocycles. The van der Waals surface area contributed by atoms with E-state index in [4.69, 9.17) is 4.74 Å². The third kappa shape index (κ3) is 4.28. The van der Waals surface area contributed by atoms with Gasteiger partial charge in [-0.15, -0.1) is 0 Å². The summed E-state index contributed by atoms with van der Waals surface area (Å²) < 4.78 is 29.5. The van der Waals surface area contributed by atoms with Gasteiger partial charge in [0.15, 0.2) is 0 Å². The first kappa shape index (κ1) is 16.9. The van der Waals surface area contributed by atoms with Gasteiger partial charge in [0.1, 0.15) is 0 Å². The maximum absolute atomic E-state index is 12.1. The number of ether oxygens (including phenoxy) is 1. The zero-order valence-electron chi connectivity index (χ0n) is 13.2. The summed E-state index contributed by atoms with van der Waals surface area (Å²) >= 11 is 0. The van der Waals surface area contributed by atoms with Gasteiger partial charge in [-0.05, 0) is 11.1 Å². The van der Waals surface area contributed by atoms with Crippen LogP contribution < -0.4 is 0 Å². The predicted molar refractivity (Wildman–Crippen MR) is 83.8 cm³/mol. The Morgan fingerprint density at radius 1 is 1.27 bits per heavy atom. The van der Waals surface area contributed by atoms with E-state index in [2.05, 4.69) is 6.07 Å². The van der Waals surface area contributed by atoms with Gasteiger partial charge in [-0.2, -0.15) is 4.31 Å². The molecule has 22 heavy (non-hydrogen) atoms. The number of nitrogens with zero attached hydrogens (tertiary/aromatic N) is 2. The van der Waals surface area contributed by atoms with Gasteiger partial charge in [0.2, 0.25) is 15.9 Å². The van der Waals surface area contributed by atoms with E-state index in [1.165, 1.54) is 23.1 Å². The molecule has 1 atom stereocenters. The highest BCUT2D eigenvalue weighted by Gasteiger charge is 2.23. The predicted octanol–water partition coefficient (Wildman–Crippen LogP) is 0.478. The Kier molecular flexibility index (Phi) is 5.20. The minimum atomic E-state index is -3.35. The van der Waals surface area contributed by atoms with E-state index in [9.17, 15) is 13.2 Å². The number of carbonyl (C=O) groups excluding carboxylic acids is 1. The van der Waals surface area contributed by atoms with E-state index in [0.717, 1.165) is 17.0 Å². The number of rotatable bonds is 5. The molecule has 1 amide bonds. The van der Waals surface area contributed by atoms with Crippen molar-refractivity contribution in [3.63, 3.8) is 0 Å². The molecule has 0 aromatic heterocycles. The zero-order chi connectivity index (χ0) is 16.3. The summed E-state index contributed by atoms with van der Waals surface area (Å²) in [5, 5.41) is 0. The molecule has 0 N–H and O–H groups in total. The maximum Gasteiger partial charge on any atom is 0.237 e. The number of hydrogen-bond donors (Lipinski definition) is 0. The highest BCUT2D eigenvalue weighted by Crippen LogP contribution is 2.20. The molecule has 1 aromatic rings. The van der Waals surface area contributed by atoms with Crippen LogP contribution in [0.4, 0.5) is 0 Å². The van der Waals surface area contributed by atoms with Gasteiger partial charge in [-0.1, -0.05) is 24.3 Å². The lowest BCUT2D eigenvalue weighted by Crippen LogP contribution is -2.43. The van der Waals surface area contributed by atoms with Crippen LogP contribution in [0, 0.1) is 0 Å². The molecule has 0 saturated carbocycles. The van der Waals surface area contributed by atoms with Gasteiger partial charge in [0.05, 0.1) is 25.5 Å². The second-order valence-corrected chi connectivity index (χ2v) is 7.79. The van der Waals surface area contributed by atoms with Crippen molar-refractivity contribution in [3.8, 4) is 0 Å². The van der Waals surface area contributed by atoms with Crippen LogP contribution in [0.5, 0.6) is 0 Å². The van der Waals surface area contributed by atoms with Crippen molar-refractivity contribution in [3.05, 3.63) is 35.4 Å². The Bertz CT molecular complexity index is 645. The number of amides is 1. The first-order chi connectivity index (χ1) is 10.3. The van der Waals surface area contributed by atoms with Crippen molar-refractivity contribution >= 4 is 15.9 Å². The van der Waals surface area contributed by atoms with Crippen LogP contribution in [0.25, 0.3) is 0 Å².